The average Bonchev–Trinajstić information content (AvgIpc) is 2.40. The van der Waals surface area contributed by atoms with E-state index in [1.165, 1.54) is 0 Å². The first-order valence-corrected chi connectivity index (χ1v) is 7.24. The van der Waals surface area contributed by atoms with Crippen molar-refractivity contribution in [2.75, 3.05) is 11.9 Å². The Kier molecular flexibility index (Phi) is 6.02. The molecule has 0 spiro atoms. The minimum absolute atomic E-state index is 0.0985. The highest BCUT2D eigenvalue weighted by Crippen LogP contribution is 2.18. The molecule has 0 fully saturated rings. The maximum Gasteiger partial charge on any atom is 0.251 e. The first-order valence-electron chi connectivity index (χ1n) is 6.33. The lowest BCUT2D eigenvalue weighted by molar-refractivity contribution is -0.115. The molecular formula is C14H19BrN2O2. The van der Waals surface area contributed by atoms with Gasteiger partial charge in [-0.3, -0.25) is 9.59 Å². The number of hydrogen-bond donors (Lipinski definition) is 2. The van der Waals surface area contributed by atoms with Crippen molar-refractivity contribution >= 4 is 33.4 Å². The quantitative estimate of drug-likeness (QED) is 0.817. The van der Waals surface area contributed by atoms with Gasteiger partial charge in [-0.15, -0.1) is 0 Å². The van der Waals surface area contributed by atoms with E-state index in [1.807, 2.05) is 26.8 Å². The predicted octanol–water partition coefficient (Wildman–Crippen LogP) is 2.86. The number of nitrogens with one attached hydrogen (secondary N) is 2. The van der Waals surface area contributed by atoms with Crippen LogP contribution in [-0.4, -0.2) is 23.2 Å². The molecule has 0 bridgehead atoms. The molecule has 0 heterocycles. The number of benzene rings is 1. The third kappa shape index (κ3) is 4.35. The molecule has 1 atom stereocenters. The summed E-state index contributed by atoms with van der Waals surface area (Å²) < 4.78 is 0. The number of alkyl halides is 1. The summed E-state index contributed by atoms with van der Waals surface area (Å²) in [5.41, 5.74) is 2.15. The molecule has 0 aromatic heterocycles. The Bertz CT molecular complexity index is 475. The van der Waals surface area contributed by atoms with Crippen LogP contribution in [0.5, 0.6) is 0 Å². The van der Waals surface area contributed by atoms with E-state index in [-0.39, 0.29) is 16.6 Å². The molecule has 0 radical (unpaired) electrons. The number of anilines is 1. The van der Waals surface area contributed by atoms with Gasteiger partial charge in [0.2, 0.25) is 5.91 Å². The standard InChI is InChI=1S/C14H19BrN2O2/c1-4-11(15)14(19)17-12-8-10(7-6-9(12)3)13(18)16-5-2/h6-8,11H,4-5H2,1-3H3,(H,16,18)(H,17,19). The van der Waals surface area contributed by atoms with E-state index in [2.05, 4.69) is 26.6 Å². The number of amides is 2. The van der Waals surface area contributed by atoms with E-state index in [9.17, 15) is 9.59 Å². The summed E-state index contributed by atoms with van der Waals surface area (Å²) in [4.78, 5) is 23.4. The van der Waals surface area contributed by atoms with E-state index in [0.29, 0.717) is 24.2 Å². The molecule has 0 aliphatic carbocycles. The monoisotopic (exact) mass is 326 g/mol. The topological polar surface area (TPSA) is 58.2 Å². The fourth-order valence-corrected chi connectivity index (χ4v) is 1.67. The van der Waals surface area contributed by atoms with Crippen molar-refractivity contribution in [1.82, 2.24) is 5.32 Å². The molecule has 1 aromatic rings. The highest BCUT2D eigenvalue weighted by molar-refractivity contribution is 9.10. The fraction of sp³-hybridized carbons (Fsp3) is 0.429. The van der Waals surface area contributed by atoms with Crippen LogP contribution < -0.4 is 10.6 Å². The molecule has 0 aliphatic heterocycles. The number of rotatable bonds is 5. The van der Waals surface area contributed by atoms with E-state index >= 15 is 0 Å². The van der Waals surface area contributed by atoms with Crippen LogP contribution in [-0.2, 0) is 4.79 Å². The van der Waals surface area contributed by atoms with Crippen molar-refractivity contribution in [1.29, 1.82) is 0 Å². The van der Waals surface area contributed by atoms with Crippen LogP contribution in [0.2, 0.25) is 0 Å². The summed E-state index contributed by atoms with van der Waals surface area (Å²) in [5.74, 6) is -0.234. The second-order valence-electron chi connectivity index (χ2n) is 4.25. The minimum atomic E-state index is -0.222. The van der Waals surface area contributed by atoms with E-state index < -0.39 is 0 Å². The van der Waals surface area contributed by atoms with Crippen LogP contribution in [0.1, 0.15) is 36.2 Å². The number of halogens is 1. The predicted molar refractivity (Wildman–Crippen MR) is 80.8 cm³/mol. The zero-order chi connectivity index (χ0) is 14.4. The minimum Gasteiger partial charge on any atom is -0.352 e. The highest BCUT2D eigenvalue weighted by Gasteiger charge is 2.14. The molecule has 19 heavy (non-hydrogen) atoms. The van der Waals surface area contributed by atoms with Crippen molar-refractivity contribution in [2.45, 2.75) is 32.0 Å². The third-order valence-electron chi connectivity index (χ3n) is 2.74. The second kappa shape index (κ2) is 7.28. The van der Waals surface area contributed by atoms with Crippen LogP contribution >= 0.6 is 15.9 Å². The smallest absolute Gasteiger partial charge is 0.251 e. The Balaban J connectivity index is 2.91. The van der Waals surface area contributed by atoms with Crippen LogP contribution in [0.3, 0.4) is 0 Å². The molecule has 0 aliphatic rings. The normalized spacial score (nSPS) is 11.8. The van der Waals surface area contributed by atoms with Gasteiger partial charge < -0.3 is 10.6 Å². The Labute approximate surface area is 122 Å². The van der Waals surface area contributed by atoms with Crippen molar-refractivity contribution in [3.8, 4) is 0 Å². The summed E-state index contributed by atoms with van der Waals surface area (Å²) >= 11 is 3.31. The van der Waals surface area contributed by atoms with E-state index in [1.54, 1.807) is 12.1 Å². The molecule has 1 unspecified atom stereocenters. The van der Waals surface area contributed by atoms with Crippen molar-refractivity contribution < 1.29 is 9.59 Å². The first kappa shape index (κ1) is 15.7. The Morgan fingerprint density at radius 1 is 1.32 bits per heavy atom. The lowest BCUT2D eigenvalue weighted by Gasteiger charge is -2.12. The van der Waals surface area contributed by atoms with Gasteiger partial charge in [0.05, 0.1) is 4.83 Å². The summed E-state index contributed by atoms with van der Waals surface area (Å²) in [5, 5.41) is 5.57. The number of aryl methyl sites for hydroxylation is 1. The van der Waals surface area contributed by atoms with Gasteiger partial charge in [-0.05, 0) is 38.0 Å². The summed E-state index contributed by atoms with van der Waals surface area (Å²) in [6.45, 7) is 6.27. The lowest BCUT2D eigenvalue weighted by Crippen LogP contribution is -2.24. The Morgan fingerprint density at radius 3 is 2.58 bits per heavy atom. The zero-order valence-electron chi connectivity index (χ0n) is 11.4. The fourth-order valence-electron chi connectivity index (χ4n) is 1.56. The van der Waals surface area contributed by atoms with Gasteiger partial charge in [0.25, 0.3) is 5.91 Å². The number of carbonyl (C=O) groups is 2. The first-order chi connectivity index (χ1) is 8.99. The van der Waals surface area contributed by atoms with Gasteiger partial charge >= 0.3 is 0 Å². The highest BCUT2D eigenvalue weighted by atomic mass is 79.9. The van der Waals surface area contributed by atoms with E-state index in [0.717, 1.165) is 5.56 Å². The molecule has 5 heteroatoms. The maximum absolute atomic E-state index is 11.8. The molecule has 1 rings (SSSR count). The molecule has 2 N–H and O–H groups in total. The molecule has 4 nitrogen and oxygen atoms in total. The van der Waals surface area contributed by atoms with Gasteiger partial charge in [-0.1, -0.05) is 28.9 Å². The molecule has 104 valence electrons. The maximum atomic E-state index is 11.8. The number of carbonyl (C=O) groups excluding carboxylic acids is 2. The number of hydrogen-bond acceptors (Lipinski definition) is 2. The summed E-state index contributed by atoms with van der Waals surface area (Å²) in [7, 11) is 0. The van der Waals surface area contributed by atoms with Crippen LogP contribution in [0.15, 0.2) is 18.2 Å². The molecular weight excluding hydrogens is 308 g/mol. The molecule has 1 aromatic carbocycles. The molecule has 0 saturated heterocycles. The van der Waals surface area contributed by atoms with Gasteiger partial charge in [0, 0.05) is 17.8 Å². The molecule has 2 amide bonds. The summed E-state index contributed by atoms with van der Waals surface area (Å²) in [6, 6.07) is 5.28. The van der Waals surface area contributed by atoms with Gasteiger partial charge in [0.15, 0.2) is 0 Å². The van der Waals surface area contributed by atoms with Gasteiger partial charge in [-0.2, -0.15) is 0 Å². The Morgan fingerprint density at radius 2 is 2.00 bits per heavy atom. The third-order valence-corrected chi connectivity index (χ3v) is 3.80. The van der Waals surface area contributed by atoms with Crippen LogP contribution in [0.4, 0.5) is 5.69 Å². The van der Waals surface area contributed by atoms with Crippen molar-refractivity contribution in [3.05, 3.63) is 29.3 Å². The SMILES string of the molecule is CCNC(=O)c1ccc(C)c(NC(=O)C(Br)CC)c1. The van der Waals surface area contributed by atoms with Crippen LogP contribution in [0, 0.1) is 6.92 Å². The molecule has 0 saturated carbocycles. The summed E-state index contributed by atoms with van der Waals surface area (Å²) in [6.07, 6.45) is 0.709. The lowest BCUT2D eigenvalue weighted by atomic mass is 10.1. The van der Waals surface area contributed by atoms with Gasteiger partial charge in [0.1, 0.15) is 0 Å². The van der Waals surface area contributed by atoms with Gasteiger partial charge in [-0.25, -0.2) is 0 Å². The van der Waals surface area contributed by atoms with E-state index in [4.69, 9.17) is 0 Å². The second-order valence-corrected chi connectivity index (χ2v) is 5.36. The Hall–Kier alpha value is -1.36. The van der Waals surface area contributed by atoms with Crippen LogP contribution in [0.25, 0.3) is 0 Å². The van der Waals surface area contributed by atoms with Crippen molar-refractivity contribution in [2.24, 2.45) is 0 Å². The zero-order valence-corrected chi connectivity index (χ0v) is 13.0. The van der Waals surface area contributed by atoms with Crippen molar-refractivity contribution in [3.63, 3.8) is 0 Å². The average molecular weight is 327 g/mol. The largest absolute Gasteiger partial charge is 0.352 e.